The number of halogens is 1. The molecule has 0 saturated carbocycles. The molecule has 13 heavy (non-hydrogen) atoms. The van der Waals surface area contributed by atoms with Crippen LogP contribution in [0.15, 0.2) is 18.2 Å². The van der Waals surface area contributed by atoms with Crippen molar-refractivity contribution in [1.82, 2.24) is 0 Å². The first-order valence-corrected chi connectivity index (χ1v) is 7.81. The van der Waals surface area contributed by atoms with Crippen LogP contribution in [0.5, 0.6) is 5.75 Å². The van der Waals surface area contributed by atoms with E-state index in [-0.39, 0.29) is 10.1 Å². The monoisotopic (exact) mass is 358 g/mol. The van der Waals surface area contributed by atoms with Crippen LogP contribution >= 0.6 is 22.6 Å². The molecule has 0 spiro atoms. The fraction of sp³-hybridized carbons (Fsp3) is 0.143. The van der Waals surface area contributed by atoms with E-state index in [1.165, 1.54) is 13.2 Å². The van der Waals surface area contributed by atoms with Crippen molar-refractivity contribution in [1.29, 1.82) is 0 Å². The molecule has 0 bridgehead atoms. The van der Waals surface area contributed by atoms with Gasteiger partial charge in [0.1, 0.15) is 0 Å². The van der Waals surface area contributed by atoms with Crippen molar-refractivity contribution in [2.24, 2.45) is 0 Å². The minimum atomic E-state index is -4.83. The van der Waals surface area contributed by atoms with E-state index in [1.807, 2.05) is 22.6 Å². The van der Waals surface area contributed by atoms with Gasteiger partial charge in [0.2, 0.25) is 0 Å². The zero-order valence-electron chi connectivity index (χ0n) is 6.77. The summed E-state index contributed by atoms with van der Waals surface area (Å²) in [5.41, 5.74) is 0. The van der Waals surface area contributed by atoms with Crippen LogP contribution in [0.3, 0.4) is 0 Å². The molecule has 0 unspecified atom stereocenters. The minimum absolute atomic E-state index is 0.0129. The number of ether oxygens (including phenoxy) is 1. The molecule has 0 aliphatic rings. The molecular weight excluding hydrogens is 350 g/mol. The van der Waals surface area contributed by atoms with Gasteiger partial charge in [0.05, 0.1) is 0 Å². The van der Waals surface area contributed by atoms with Crippen LogP contribution in [0.25, 0.3) is 0 Å². The second-order valence-corrected chi connectivity index (χ2v) is 6.90. The zero-order valence-corrected chi connectivity index (χ0v) is 10.8. The molecule has 2 N–H and O–H groups in total. The van der Waals surface area contributed by atoms with Crippen molar-refractivity contribution < 1.29 is 16.7 Å². The van der Waals surface area contributed by atoms with Gasteiger partial charge in [-0.15, -0.1) is 0 Å². The van der Waals surface area contributed by atoms with E-state index in [1.54, 1.807) is 12.1 Å². The molecule has 0 heterocycles. The van der Waals surface area contributed by atoms with Gasteiger partial charge >= 0.3 is 92.4 Å². The summed E-state index contributed by atoms with van der Waals surface area (Å²) < 4.78 is 34.7. The molecule has 0 amide bonds. The molecule has 0 aromatic heterocycles. The summed E-state index contributed by atoms with van der Waals surface area (Å²) in [5, 5.41) is 0. The number of benzene rings is 1. The van der Waals surface area contributed by atoms with Crippen molar-refractivity contribution in [3.8, 4) is 5.75 Å². The quantitative estimate of drug-likeness (QED) is 0.571. The Balaban J connectivity index is 3.30. The van der Waals surface area contributed by atoms with Gasteiger partial charge in [-0.05, 0) is 0 Å². The molecule has 1 aromatic rings. The summed E-state index contributed by atoms with van der Waals surface area (Å²) in [6.07, 6.45) is 0. The van der Waals surface area contributed by atoms with E-state index in [0.29, 0.717) is 0 Å². The Labute approximate surface area is 92.1 Å². The van der Waals surface area contributed by atoms with E-state index in [2.05, 4.69) is 0 Å². The van der Waals surface area contributed by atoms with Crippen LogP contribution in [0.4, 0.5) is 0 Å². The van der Waals surface area contributed by atoms with Crippen LogP contribution in [0.2, 0.25) is 0 Å². The van der Waals surface area contributed by atoms with Gasteiger partial charge in [-0.3, -0.25) is 0 Å². The maximum atomic E-state index is 11.0. The topological polar surface area (TPSA) is 66.8 Å². The number of hydrogen-bond donors (Lipinski definition) is 2. The molecule has 1 rings (SSSR count). The Bertz CT molecular complexity index is 360. The molecule has 0 fully saturated rings. The first kappa shape index (κ1) is 11.1. The standard InChI is InChI=1S/C7H8AsIO4/c1-13-7-4-5(9)2-3-6(7)8(10,11)12/h2-4H,1H3,(H2,10,11,12). The Morgan fingerprint density at radius 3 is 2.54 bits per heavy atom. The van der Waals surface area contributed by atoms with Crippen molar-refractivity contribution >= 4 is 41.1 Å². The third kappa shape index (κ3) is 2.74. The van der Waals surface area contributed by atoms with Gasteiger partial charge < -0.3 is 0 Å². The molecule has 0 saturated heterocycles. The predicted octanol–water partition coefficient (Wildman–Crippen LogP) is -0.139. The van der Waals surface area contributed by atoms with E-state index < -0.39 is 14.2 Å². The summed E-state index contributed by atoms with van der Waals surface area (Å²) in [6.45, 7) is 0. The van der Waals surface area contributed by atoms with Gasteiger partial charge in [0, 0.05) is 0 Å². The number of methoxy groups -OCH3 is 1. The Hall–Kier alpha value is 0.0284. The molecule has 72 valence electrons. The van der Waals surface area contributed by atoms with Crippen molar-refractivity contribution in [2.45, 2.75) is 0 Å². The predicted molar refractivity (Wildman–Crippen MR) is 56.2 cm³/mol. The number of rotatable bonds is 2. The SMILES string of the molecule is COc1cc(I)ccc1[As](=O)(O)O. The second kappa shape index (κ2) is 4.04. The normalized spacial score (nSPS) is 11.4. The molecule has 1 aromatic carbocycles. The van der Waals surface area contributed by atoms with Gasteiger partial charge in [-0.1, -0.05) is 0 Å². The first-order valence-electron chi connectivity index (χ1n) is 3.35. The zero-order chi connectivity index (χ0) is 10.1. The molecular formula is C7H8AsIO4. The van der Waals surface area contributed by atoms with Crippen molar-refractivity contribution in [2.75, 3.05) is 7.11 Å². The van der Waals surface area contributed by atoms with Gasteiger partial charge in [0.25, 0.3) is 0 Å². The third-order valence-corrected chi connectivity index (χ3v) is 4.22. The summed E-state index contributed by atoms with van der Waals surface area (Å²) in [6, 6.07) is 4.63. The van der Waals surface area contributed by atoms with Gasteiger partial charge in [-0.2, -0.15) is 0 Å². The Morgan fingerprint density at radius 2 is 2.08 bits per heavy atom. The average Bonchev–Trinajstić information content (AvgIpc) is 2.01. The Kier molecular flexibility index (Phi) is 3.45. The van der Waals surface area contributed by atoms with E-state index >= 15 is 0 Å². The Morgan fingerprint density at radius 1 is 1.46 bits per heavy atom. The van der Waals surface area contributed by atoms with Crippen molar-refractivity contribution in [3.63, 3.8) is 0 Å². The van der Waals surface area contributed by atoms with Crippen LogP contribution in [0, 0.1) is 3.57 Å². The number of hydrogen-bond acceptors (Lipinski definition) is 2. The average molecular weight is 358 g/mol. The van der Waals surface area contributed by atoms with Gasteiger partial charge in [-0.25, -0.2) is 0 Å². The summed E-state index contributed by atoms with van der Waals surface area (Å²) in [7, 11) is 1.39. The molecule has 0 atom stereocenters. The summed E-state index contributed by atoms with van der Waals surface area (Å²) in [4.78, 5) is 0. The van der Waals surface area contributed by atoms with Crippen LogP contribution in [-0.2, 0) is 3.74 Å². The molecule has 0 radical (unpaired) electrons. The summed E-state index contributed by atoms with van der Waals surface area (Å²) >= 11 is -2.78. The van der Waals surface area contributed by atoms with Gasteiger partial charge in [0.15, 0.2) is 0 Å². The first-order chi connectivity index (χ1) is 5.95. The maximum absolute atomic E-state index is 11.0. The van der Waals surface area contributed by atoms with E-state index in [0.717, 1.165) is 3.57 Å². The molecule has 6 heteroatoms. The van der Waals surface area contributed by atoms with E-state index in [9.17, 15) is 3.74 Å². The van der Waals surface area contributed by atoms with E-state index in [4.69, 9.17) is 12.9 Å². The summed E-state index contributed by atoms with van der Waals surface area (Å²) in [5.74, 6) is 0.249. The fourth-order valence-electron chi connectivity index (χ4n) is 0.892. The third-order valence-electron chi connectivity index (χ3n) is 1.46. The fourth-order valence-corrected chi connectivity index (χ4v) is 2.85. The van der Waals surface area contributed by atoms with Crippen LogP contribution in [-0.4, -0.2) is 29.5 Å². The molecule has 0 aliphatic heterocycles. The van der Waals surface area contributed by atoms with Crippen LogP contribution < -0.4 is 9.09 Å². The molecule has 0 aliphatic carbocycles. The van der Waals surface area contributed by atoms with Crippen LogP contribution in [0.1, 0.15) is 0 Å². The van der Waals surface area contributed by atoms with Crippen molar-refractivity contribution in [3.05, 3.63) is 21.8 Å². The second-order valence-electron chi connectivity index (χ2n) is 2.36. The molecule has 4 nitrogen and oxygen atoms in total.